The van der Waals surface area contributed by atoms with Crippen molar-refractivity contribution in [2.75, 3.05) is 0 Å². The predicted molar refractivity (Wildman–Crippen MR) is 137 cm³/mol. The first-order valence-electron chi connectivity index (χ1n) is 11.9. The Morgan fingerprint density at radius 1 is 0.763 bits per heavy atom. The van der Waals surface area contributed by atoms with Crippen LogP contribution in [0.4, 0.5) is 0 Å². The first-order valence-corrected chi connectivity index (χ1v) is 11.9. The van der Waals surface area contributed by atoms with Crippen LogP contribution in [0, 0.1) is 0 Å². The van der Waals surface area contributed by atoms with Crippen molar-refractivity contribution in [2.24, 2.45) is 11.5 Å². The smallest absolute Gasteiger partial charge is 0.326 e. The van der Waals surface area contributed by atoms with Crippen LogP contribution in [0.5, 0.6) is 0 Å². The standard InChI is InChI=1S/C26H33N5O7/c1-15(32)22(31-23(34)18(27)12-16-8-4-2-5-9-16)25(36)29-19(13-17-10-6-3-7-11-17)24(35)30-20(26(37)38)14-21(28)33/h2-11,15,18-20,22,32H,12-14,27H2,1H3,(H2,28,33)(H,29,36)(H,30,35)(H,31,34)(H,37,38). The van der Waals surface area contributed by atoms with Gasteiger partial charge in [0.25, 0.3) is 0 Å². The molecule has 0 aliphatic heterocycles. The lowest BCUT2D eigenvalue weighted by Crippen LogP contribution is -2.60. The van der Waals surface area contributed by atoms with Crippen molar-refractivity contribution in [1.29, 1.82) is 0 Å². The molecule has 12 heteroatoms. The maximum absolute atomic E-state index is 13.1. The highest BCUT2D eigenvalue weighted by molar-refractivity contribution is 5.95. The van der Waals surface area contributed by atoms with Crippen LogP contribution in [-0.2, 0) is 36.8 Å². The molecular weight excluding hydrogens is 494 g/mol. The first-order chi connectivity index (χ1) is 18.0. The van der Waals surface area contributed by atoms with Gasteiger partial charge in [-0.05, 0) is 24.5 Å². The van der Waals surface area contributed by atoms with Crippen LogP contribution in [0.25, 0.3) is 0 Å². The highest BCUT2D eigenvalue weighted by Crippen LogP contribution is 2.07. The normalized spacial score (nSPS) is 14.7. The SMILES string of the molecule is CC(O)C(NC(=O)C(N)Cc1ccccc1)C(=O)NC(Cc1ccccc1)C(=O)NC(CC(N)=O)C(=O)O. The largest absolute Gasteiger partial charge is 0.480 e. The van der Waals surface area contributed by atoms with E-state index in [2.05, 4.69) is 16.0 Å². The molecule has 0 heterocycles. The van der Waals surface area contributed by atoms with Gasteiger partial charge < -0.3 is 37.6 Å². The highest BCUT2D eigenvalue weighted by atomic mass is 16.4. The Hall–Kier alpha value is -4.29. The van der Waals surface area contributed by atoms with Crippen LogP contribution >= 0.6 is 0 Å². The van der Waals surface area contributed by atoms with Crippen molar-refractivity contribution in [3.8, 4) is 0 Å². The highest BCUT2D eigenvalue weighted by Gasteiger charge is 2.33. The number of primary amides is 1. The van der Waals surface area contributed by atoms with E-state index in [0.29, 0.717) is 5.56 Å². The van der Waals surface area contributed by atoms with Gasteiger partial charge >= 0.3 is 5.97 Å². The molecular formula is C26H33N5O7. The first kappa shape index (κ1) is 29.9. The minimum Gasteiger partial charge on any atom is -0.480 e. The van der Waals surface area contributed by atoms with Gasteiger partial charge in [0, 0.05) is 6.42 Å². The number of aliphatic hydroxyl groups excluding tert-OH is 1. The number of hydrogen-bond donors (Lipinski definition) is 7. The third-order valence-corrected chi connectivity index (χ3v) is 5.63. The maximum Gasteiger partial charge on any atom is 0.326 e. The zero-order valence-electron chi connectivity index (χ0n) is 20.9. The monoisotopic (exact) mass is 527 g/mol. The third kappa shape index (κ3) is 9.64. The molecule has 2 rings (SSSR count). The molecule has 0 fully saturated rings. The summed E-state index contributed by atoms with van der Waals surface area (Å²) in [5, 5.41) is 26.6. The number of benzene rings is 2. The molecule has 0 saturated carbocycles. The molecule has 0 spiro atoms. The lowest BCUT2D eigenvalue weighted by atomic mass is 10.0. The van der Waals surface area contributed by atoms with E-state index < -0.39 is 66.3 Å². The molecule has 204 valence electrons. The molecule has 0 bridgehead atoms. The van der Waals surface area contributed by atoms with Gasteiger partial charge in [-0.2, -0.15) is 0 Å². The van der Waals surface area contributed by atoms with Crippen LogP contribution in [0.3, 0.4) is 0 Å². The van der Waals surface area contributed by atoms with Crippen molar-refractivity contribution in [2.45, 2.75) is 56.5 Å². The van der Waals surface area contributed by atoms with E-state index in [-0.39, 0.29) is 12.8 Å². The zero-order chi connectivity index (χ0) is 28.2. The molecule has 9 N–H and O–H groups in total. The number of aliphatic carboxylic acids is 1. The summed E-state index contributed by atoms with van der Waals surface area (Å²) in [5.41, 5.74) is 12.5. The minimum absolute atomic E-state index is 0.0463. The van der Waals surface area contributed by atoms with E-state index in [1.807, 2.05) is 6.07 Å². The lowest BCUT2D eigenvalue weighted by molar-refractivity contribution is -0.143. The predicted octanol–water partition coefficient (Wildman–Crippen LogP) is -1.41. The summed E-state index contributed by atoms with van der Waals surface area (Å²) < 4.78 is 0. The quantitative estimate of drug-likeness (QED) is 0.155. The molecule has 38 heavy (non-hydrogen) atoms. The third-order valence-electron chi connectivity index (χ3n) is 5.63. The molecule has 0 aromatic heterocycles. The molecule has 5 atom stereocenters. The Morgan fingerprint density at radius 2 is 1.26 bits per heavy atom. The zero-order valence-corrected chi connectivity index (χ0v) is 20.9. The number of carboxylic acid groups (broad SMARTS) is 1. The van der Waals surface area contributed by atoms with Crippen LogP contribution in [-0.4, -0.2) is 70.1 Å². The Labute approximate surface area is 219 Å². The maximum atomic E-state index is 13.1. The van der Waals surface area contributed by atoms with E-state index in [9.17, 15) is 34.2 Å². The summed E-state index contributed by atoms with van der Waals surface area (Å²) >= 11 is 0. The molecule has 12 nitrogen and oxygen atoms in total. The van der Waals surface area contributed by atoms with Crippen LogP contribution in [0.1, 0.15) is 24.5 Å². The lowest BCUT2D eigenvalue weighted by Gasteiger charge is -2.26. The molecule has 0 radical (unpaired) electrons. The number of carbonyl (C=O) groups excluding carboxylic acids is 4. The van der Waals surface area contributed by atoms with Gasteiger partial charge in [-0.25, -0.2) is 4.79 Å². The van der Waals surface area contributed by atoms with E-state index in [1.165, 1.54) is 6.92 Å². The summed E-state index contributed by atoms with van der Waals surface area (Å²) in [6.45, 7) is 1.28. The number of aliphatic hydroxyl groups is 1. The van der Waals surface area contributed by atoms with Crippen LogP contribution in [0.2, 0.25) is 0 Å². The van der Waals surface area contributed by atoms with E-state index in [4.69, 9.17) is 11.5 Å². The number of nitrogens with two attached hydrogens (primary N) is 2. The van der Waals surface area contributed by atoms with Gasteiger partial charge in [0.2, 0.25) is 23.6 Å². The Bertz CT molecular complexity index is 1110. The van der Waals surface area contributed by atoms with Crippen molar-refractivity contribution >= 4 is 29.6 Å². The summed E-state index contributed by atoms with van der Waals surface area (Å²) in [5.74, 6) is -4.90. The molecule has 0 aliphatic carbocycles. The van der Waals surface area contributed by atoms with Crippen molar-refractivity contribution < 1.29 is 34.2 Å². The Morgan fingerprint density at radius 3 is 1.74 bits per heavy atom. The molecule has 0 aliphatic rings. The van der Waals surface area contributed by atoms with Crippen molar-refractivity contribution in [3.05, 3.63) is 71.8 Å². The van der Waals surface area contributed by atoms with Crippen molar-refractivity contribution in [3.63, 3.8) is 0 Å². The van der Waals surface area contributed by atoms with Gasteiger partial charge in [-0.3, -0.25) is 19.2 Å². The summed E-state index contributed by atoms with van der Waals surface area (Å²) in [7, 11) is 0. The molecule has 2 aromatic rings. The number of carboxylic acids is 1. The molecule has 4 amide bonds. The van der Waals surface area contributed by atoms with E-state index in [1.54, 1.807) is 54.6 Å². The average molecular weight is 528 g/mol. The fourth-order valence-electron chi connectivity index (χ4n) is 3.62. The second-order valence-electron chi connectivity index (χ2n) is 8.84. The Kier molecular flexibility index (Phi) is 11.4. The topological polar surface area (TPSA) is 214 Å². The molecule has 2 aromatic carbocycles. The molecule has 5 unspecified atom stereocenters. The number of hydrogen-bond acceptors (Lipinski definition) is 7. The fourth-order valence-corrected chi connectivity index (χ4v) is 3.62. The fraction of sp³-hybridized carbons (Fsp3) is 0.346. The van der Waals surface area contributed by atoms with Crippen LogP contribution < -0.4 is 27.4 Å². The second kappa shape index (κ2) is 14.4. The minimum atomic E-state index is -1.61. The van der Waals surface area contributed by atoms with E-state index >= 15 is 0 Å². The van der Waals surface area contributed by atoms with Gasteiger partial charge in [-0.15, -0.1) is 0 Å². The number of amides is 4. The van der Waals surface area contributed by atoms with Gasteiger partial charge in [0.1, 0.15) is 18.1 Å². The van der Waals surface area contributed by atoms with E-state index in [0.717, 1.165) is 5.56 Å². The van der Waals surface area contributed by atoms with Crippen molar-refractivity contribution in [1.82, 2.24) is 16.0 Å². The molecule has 0 saturated heterocycles. The second-order valence-corrected chi connectivity index (χ2v) is 8.84. The van der Waals surface area contributed by atoms with Gasteiger partial charge in [0.15, 0.2) is 0 Å². The number of carbonyl (C=O) groups is 5. The number of rotatable bonds is 14. The Balaban J connectivity index is 2.18. The summed E-state index contributed by atoms with van der Waals surface area (Å²) in [6.07, 6.45) is -1.87. The number of nitrogens with one attached hydrogen (secondary N) is 3. The van der Waals surface area contributed by atoms with Crippen LogP contribution in [0.15, 0.2) is 60.7 Å². The summed E-state index contributed by atoms with van der Waals surface area (Å²) in [4.78, 5) is 61.5. The van der Waals surface area contributed by atoms with Gasteiger partial charge in [-0.1, -0.05) is 60.7 Å². The average Bonchev–Trinajstić information content (AvgIpc) is 2.86. The summed E-state index contributed by atoms with van der Waals surface area (Å²) in [6, 6.07) is 12.2. The van der Waals surface area contributed by atoms with Gasteiger partial charge in [0.05, 0.1) is 18.6 Å².